The number of pyridine rings is 1. The zero-order valence-corrected chi connectivity index (χ0v) is 31.6. The van der Waals surface area contributed by atoms with Gasteiger partial charge >= 0.3 is 0 Å². The summed E-state index contributed by atoms with van der Waals surface area (Å²) in [5, 5.41) is 15.7. The molecule has 6 atom stereocenters. The summed E-state index contributed by atoms with van der Waals surface area (Å²) >= 11 is 13.2. The first kappa shape index (κ1) is 33.4. The highest BCUT2D eigenvalue weighted by Crippen LogP contribution is 2.54. The number of halogens is 3. The number of amides is 1. The van der Waals surface area contributed by atoms with Gasteiger partial charge in [-0.1, -0.05) is 35.3 Å². The average Bonchev–Trinajstić information content (AvgIpc) is 3.40. The van der Waals surface area contributed by atoms with E-state index in [0.717, 1.165) is 84.6 Å². The molecule has 1 amide bonds. The minimum Gasteiger partial charge on any atom is -0.340 e. The lowest BCUT2D eigenvalue weighted by molar-refractivity contribution is -0.135. The van der Waals surface area contributed by atoms with Crippen LogP contribution in [0.3, 0.4) is 0 Å². The molecule has 0 unspecified atom stereocenters. The van der Waals surface area contributed by atoms with E-state index in [1.165, 1.54) is 0 Å². The van der Waals surface area contributed by atoms with Crippen LogP contribution in [-0.4, -0.2) is 61.6 Å². The minimum absolute atomic E-state index is 0.0718. The Morgan fingerprint density at radius 3 is 2.64 bits per heavy atom. The van der Waals surface area contributed by atoms with Crippen LogP contribution < -0.4 is 10.2 Å². The number of carbonyl (C=O) groups excluding carboxylic acids is 1. The molecule has 53 heavy (non-hydrogen) atoms. The summed E-state index contributed by atoms with van der Waals surface area (Å²) in [6.07, 6.45) is 6.41. The third kappa shape index (κ3) is 4.92. The number of carbonyl (C=O) groups is 1. The van der Waals surface area contributed by atoms with Gasteiger partial charge in [-0.05, 0) is 75.6 Å². The number of hydrogen-bond acceptors (Lipinski definition) is 6. The zero-order valence-electron chi connectivity index (χ0n) is 30.0. The lowest BCUT2D eigenvalue weighted by Gasteiger charge is -2.40. The number of aryl methyl sites for hydroxylation is 3. The molecule has 5 aromatic rings. The molecule has 4 saturated heterocycles. The highest BCUT2D eigenvalue weighted by molar-refractivity contribution is 6.43. The quantitative estimate of drug-likeness (QED) is 0.182. The smallest absolute Gasteiger partial charge is 0.226 e. The van der Waals surface area contributed by atoms with Gasteiger partial charge in [-0.25, -0.2) is 14.4 Å². The number of nitriles is 1. The molecule has 2 aromatic carbocycles. The van der Waals surface area contributed by atoms with E-state index in [1.807, 2.05) is 19.2 Å². The number of aromatic nitrogens is 4. The Labute approximate surface area is 317 Å². The van der Waals surface area contributed by atoms with E-state index in [9.17, 15) is 10.1 Å². The van der Waals surface area contributed by atoms with Crippen molar-refractivity contribution < 1.29 is 9.18 Å². The predicted octanol–water partition coefficient (Wildman–Crippen LogP) is 7.83. The minimum atomic E-state index is -0.461. The van der Waals surface area contributed by atoms with Gasteiger partial charge in [0, 0.05) is 90.0 Å². The molecule has 0 radical (unpaired) electrons. The van der Waals surface area contributed by atoms with Gasteiger partial charge in [-0.2, -0.15) is 5.26 Å². The van der Waals surface area contributed by atoms with Gasteiger partial charge in [0.15, 0.2) is 5.82 Å². The van der Waals surface area contributed by atoms with Crippen LogP contribution in [0.1, 0.15) is 66.8 Å². The molecule has 1 N–H and O–H groups in total. The van der Waals surface area contributed by atoms with E-state index >= 15 is 4.39 Å². The molecular formula is C41H41Cl2FN8O. The Morgan fingerprint density at radius 1 is 1.11 bits per heavy atom. The number of nitrogens with zero attached hydrogens (tertiary/aromatic N) is 7. The summed E-state index contributed by atoms with van der Waals surface area (Å²) < 4.78 is 22.0. The molecule has 6 aliphatic rings. The fourth-order valence-corrected chi connectivity index (χ4v) is 10.6. The van der Waals surface area contributed by atoms with Crippen LogP contribution >= 0.6 is 23.2 Å². The Bertz CT molecular complexity index is 2400. The van der Waals surface area contributed by atoms with Gasteiger partial charge in [-0.15, -0.1) is 0 Å². The lowest BCUT2D eigenvalue weighted by Crippen LogP contribution is -2.45. The molecule has 9 nitrogen and oxygen atoms in total. The molecule has 11 rings (SSSR count). The second kappa shape index (κ2) is 12.2. The van der Waals surface area contributed by atoms with Gasteiger partial charge in [0.25, 0.3) is 0 Å². The van der Waals surface area contributed by atoms with Crippen molar-refractivity contribution in [1.82, 2.24) is 29.3 Å². The van der Waals surface area contributed by atoms with Crippen molar-refractivity contribution >= 4 is 56.9 Å². The lowest BCUT2D eigenvalue weighted by atomic mass is 9.79. The first-order chi connectivity index (χ1) is 25.6. The van der Waals surface area contributed by atoms with E-state index < -0.39 is 5.82 Å². The second-order valence-corrected chi connectivity index (χ2v) is 16.8. The molecule has 2 saturated carbocycles. The van der Waals surface area contributed by atoms with Gasteiger partial charge in [-0.3, -0.25) is 4.79 Å². The zero-order chi connectivity index (χ0) is 36.4. The van der Waals surface area contributed by atoms with E-state index in [0.29, 0.717) is 40.1 Å². The highest BCUT2D eigenvalue weighted by Gasteiger charge is 2.55. The number of fused-ring (bicyclic) bond motifs is 6. The van der Waals surface area contributed by atoms with Crippen LogP contribution in [0, 0.1) is 48.7 Å². The summed E-state index contributed by atoms with van der Waals surface area (Å²) in [5.41, 5.74) is 5.73. The normalized spacial score (nSPS) is 26.1. The summed E-state index contributed by atoms with van der Waals surface area (Å²) in [5.74, 6) is 1.46. The number of likely N-dealkylation sites (tertiary alicyclic amines) is 1. The van der Waals surface area contributed by atoms with Crippen molar-refractivity contribution in [1.29, 1.82) is 5.26 Å². The van der Waals surface area contributed by atoms with Gasteiger partial charge in [0.05, 0.1) is 46.0 Å². The molecule has 2 aliphatic carbocycles. The molecule has 12 heteroatoms. The molecule has 0 spiro atoms. The van der Waals surface area contributed by atoms with Crippen molar-refractivity contribution in [2.24, 2.45) is 24.8 Å². The number of imidazole rings is 1. The van der Waals surface area contributed by atoms with E-state index in [1.54, 1.807) is 18.2 Å². The van der Waals surface area contributed by atoms with Crippen molar-refractivity contribution in [3.63, 3.8) is 0 Å². The Kier molecular flexibility index (Phi) is 7.67. The molecule has 7 heterocycles. The van der Waals surface area contributed by atoms with Crippen LogP contribution in [0.25, 0.3) is 32.9 Å². The first-order valence-corrected chi connectivity index (χ1v) is 19.7. The number of rotatable bonds is 7. The van der Waals surface area contributed by atoms with Crippen molar-refractivity contribution in [3.05, 3.63) is 75.0 Å². The van der Waals surface area contributed by atoms with E-state index in [4.69, 9.17) is 33.2 Å². The number of nitrogens with one attached hydrogen (secondary N) is 1. The SMILES string of the molecule is Cc1nc2c(F)c(-c3cccc(Cl)c3Cl)c(CCC#N)cc2c2c1cc([C@H]1[C@H]3C[C@H](CN(c4ncc(C)n4C)C3)N1C(=O)C1CC1)n2[C@H]1[C@H]2CN[C@@H]1C2. The second-order valence-electron chi connectivity index (χ2n) is 16.1. The highest BCUT2D eigenvalue weighted by atomic mass is 35.5. The maximum absolute atomic E-state index is 17.3. The van der Waals surface area contributed by atoms with E-state index in [2.05, 4.69) is 50.4 Å². The molecular weight excluding hydrogens is 710 g/mol. The number of hydrogen-bond donors (Lipinski definition) is 1. The topological polar surface area (TPSA) is 95.0 Å². The maximum atomic E-state index is 17.3. The van der Waals surface area contributed by atoms with Crippen LogP contribution in [0.15, 0.2) is 36.5 Å². The van der Waals surface area contributed by atoms with Gasteiger partial charge in [0.1, 0.15) is 5.52 Å². The number of piperidine rings is 1. The monoisotopic (exact) mass is 750 g/mol. The molecule has 4 bridgehead atoms. The van der Waals surface area contributed by atoms with Crippen molar-refractivity contribution in [3.8, 4) is 17.2 Å². The van der Waals surface area contributed by atoms with Crippen molar-refractivity contribution in [2.45, 2.75) is 76.5 Å². The predicted molar refractivity (Wildman–Crippen MR) is 205 cm³/mol. The van der Waals surface area contributed by atoms with Crippen LogP contribution in [0.4, 0.5) is 10.3 Å². The van der Waals surface area contributed by atoms with E-state index in [-0.39, 0.29) is 52.8 Å². The third-order valence-electron chi connectivity index (χ3n) is 13.0. The summed E-state index contributed by atoms with van der Waals surface area (Å²) in [6.45, 7) is 6.51. The summed E-state index contributed by atoms with van der Waals surface area (Å²) in [6, 6.07) is 12.2. The van der Waals surface area contributed by atoms with Crippen LogP contribution in [-0.2, 0) is 18.3 Å². The van der Waals surface area contributed by atoms with Gasteiger partial charge < -0.3 is 24.3 Å². The Morgan fingerprint density at radius 2 is 1.94 bits per heavy atom. The van der Waals surface area contributed by atoms with Crippen LogP contribution in [0.5, 0.6) is 0 Å². The maximum Gasteiger partial charge on any atom is 0.226 e. The number of anilines is 1. The fraction of sp³-hybridized carbons (Fsp3) is 0.463. The van der Waals surface area contributed by atoms with Gasteiger partial charge in [0.2, 0.25) is 11.9 Å². The molecule has 4 aliphatic heterocycles. The fourth-order valence-electron chi connectivity index (χ4n) is 10.2. The Balaban J connectivity index is 1.21. The average molecular weight is 752 g/mol. The largest absolute Gasteiger partial charge is 0.340 e. The third-order valence-corrected chi connectivity index (χ3v) is 13.8. The Hall–Kier alpha value is -4.17. The first-order valence-electron chi connectivity index (χ1n) is 18.9. The molecule has 272 valence electrons. The summed E-state index contributed by atoms with van der Waals surface area (Å²) in [4.78, 5) is 28.8. The number of benzene rings is 2. The standard InChI is InChI=1S/C41H41Cl2FN8O/c1-20-16-47-41(49(20)3)50-18-25-12-26(19-50)51(40(53)22-9-10-22)38(25)32-15-28-21(2)48-36-29(39(28)52(32)37-24-14-31(37)46-17-24)13-23(6-5-11-45)33(35(36)44)27-7-4-8-30(42)34(27)43/h4,7-8,13,15-16,22,24-26,31,37-38,46H,5-6,9-10,12,14,17-19H2,1-3H3/t24-,25+,26-,31-,37+,38-/m1/s1. The van der Waals surface area contributed by atoms with Crippen LogP contribution in [0.2, 0.25) is 10.0 Å². The molecule has 3 aromatic heterocycles. The van der Waals surface area contributed by atoms with Crippen molar-refractivity contribution in [2.75, 3.05) is 24.5 Å². The summed E-state index contributed by atoms with van der Waals surface area (Å²) in [7, 11) is 2.06. The molecule has 6 fully saturated rings.